The number of hydrogen-bond acceptors (Lipinski definition) is 4. The molecule has 128 valence electrons. The first kappa shape index (κ1) is 23.0. The van der Waals surface area contributed by atoms with Crippen molar-refractivity contribution in [2.45, 2.75) is 33.6 Å². The zero-order valence-corrected chi connectivity index (χ0v) is 14.8. The first-order valence-electron chi connectivity index (χ1n) is 7.27. The maximum atomic E-state index is 9.36. The second kappa shape index (κ2) is 14.7. The molecule has 0 heterocycles. The molecular weight excluding hydrogens is 312 g/mol. The Kier molecular flexibility index (Phi) is 14.7. The quantitative estimate of drug-likeness (QED) is 0.488. The minimum atomic E-state index is 0.171. The molecule has 23 heavy (non-hydrogen) atoms. The van der Waals surface area contributed by atoms with Gasteiger partial charge in [-0.05, 0) is 24.1 Å². The minimum absolute atomic E-state index is 0.171. The SMILES string of the molecule is C=C(N)NC=O.CCC.CCc1c(Cl)cccc1/C(N)=C/C=N. The molecule has 0 bridgehead atoms. The lowest BCUT2D eigenvalue weighted by Gasteiger charge is -2.09. The van der Waals surface area contributed by atoms with Gasteiger partial charge in [0.1, 0.15) is 0 Å². The van der Waals surface area contributed by atoms with Crippen molar-refractivity contribution in [3.63, 3.8) is 0 Å². The van der Waals surface area contributed by atoms with Crippen molar-refractivity contribution in [2.75, 3.05) is 0 Å². The van der Waals surface area contributed by atoms with Crippen molar-refractivity contribution in [1.29, 1.82) is 5.41 Å². The molecule has 1 amide bonds. The van der Waals surface area contributed by atoms with Crippen LogP contribution < -0.4 is 16.8 Å². The second-order valence-corrected chi connectivity index (χ2v) is 4.81. The summed E-state index contributed by atoms with van der Waals surface area (Å²) >= 11 is 6.03. The highest BCUT2D eigenvalue weighted by Crippen LogP contribution is 2.23. The number of hydrogen-bond donors (Lipinski definition) is 4. The summed E-state index contributed by atoms with van der Waals surface area (Å²) in [5.41, 5.74) is 13.2. The molecule has 0 radical (unpaired) electrons. The van der Waals surface area contributed by atoms with E-state index < -0.39 is 0 Å². The van der Waals surface area contributed by atoms with Crippen molar-refractivity contribution >= 4 is 29.9 Å². The summed E-state index contributed by atoms with van der Waals surface area (Å²) in [6.45, 7) is 9.46. The minimum Gasteiger partial charge on any atom is -0.398 e. The molecule has 5 nitrogen and oxygen atoms in total. The van der Waals surface area contributed by atoms with Gasteiger partial charge in [-0.2, -0.15) is 0 Å². The van der Waals surface area contributed by atoms with Gasteiger partial charge < -0.3 is 22.2 Å². The molecule has 0 atom stereocenters. The predicted octanol–water partition coefficient (Wildman–Crippen LogP) is 3.43. The molecule has 0 aliphatic heterocycles. The third kappa shape index (κ3) is 11.0. The van der Waals surface area contributed by atoms with E-state index in [0.717, 1.165) is 22.6 Å². The van der Waals surface area contributed by atoms with Gasteiger partial charge in [-0.15, -0.1) is 0 Å². The molecule has 6 heteroatoms. The fourth-order valence-corrected chi connectivity index (χ4v) is 1.75. The molecule has 1 aromatic carbocycles. The lowest BCUT2D eigenvalue weighted by Crippen LogP contribution is -2.15. The Labute approximate surface area is 143 Å². The Morgan fingerprint density at radius 1 is 1.35 bits per heavy atom. The van der Waals surface area contributed by atoms with E-state index in [0.29, 0.717) is 12.1 Å². The summed E-state index contributed by atoms with van der Waals surface area (Å²) in [7, 11) is 0. The number of amides is 1. The maximum absolute atomic E-state index is 9.36. The topological polar surface area (TPSA) is 105 Å². The van der Waals surface area contributed by atoms with E-state index in [2.05, 4.69) is 25.7 Å². The molecule has 0 aliphatic rings. The fourth-order valence-electron chi connectivity index (χ4n) is 1.44. The van der Waals surface area contributed by atoms with Crippen LogP contribution in [0.3, 0.4) is 0 Å². The third-order valence-electron chi connectivity index (χ3n) is 2.29. The van der Waals surface area contributed by atoms with Crippen LogP contribution in [0.15, 0.2) is 36.7 Å². The van der Waals surface area contributed by atoms with Crippen LogP contribution in [0, 0.1) is 5.41 Å². The largest absolute Gasteiger partial charge is 0.398 e. The number of carbonyl (C=O) groups is 1. The second-order valence-electron chi connectivity index (χ2n) is 4.40. The van der Waals surface area contributed by atoms with Crippen LogP contribution >= 0.6 is 11.6 Å². The van der Waals surface area contributed by atoms with Crippen LogP contribution in [0.1, 0.15) is 38.3 Å². The van der Waals surface area contributed by atoms with Crippen LogP contribution in [-0.4, -0.2) is 12.6 Å². The first-order chi connectivity index (χ1) is 10.9. The number of rotatable bonds is 5. The van der Waals surface area contributed by atoms with Crippen molar-refractivity contribution < 1.29 is 4.79 Å². The number of nitrogens with one attached hydrogen (secondary N) is 2. The Bertz CT molecular complexity index is 527. The normalized spacial score (nSPS) is 9.48. The maximum Gasteiger partial charge on any atom is 0.212 e. The summed E-state index contributed by atoms with van der Waals surface area (Å²) in [6, 6.07) is 5.63. The van der Waals surface area contributed by atoms with Gasteiger partial charge in [0, 0.05) is 22.5 Å². The van der Waals surface area contributed by atoms with Crippen LogP contribution in [0.4, 0.5) is 0 Å². The van der Waals surface area contributed by atoms with Gasteiger partial charge in [-0.3, -0.25) is 4.79 Å². The number of nitrogens with two attached hydrogens (primary N) is 2. The molecule has 1 rings (SSSR count). The fraction of sp³-hybridized carbons (Fsp3) is 0.294. The Morgan fingerprint density at radius 2 is 1.91 bits per heavy atom. The predicted molar refractivity (Wildman–Crippen MR) is 100 cm³/mol. The molecule has 0 aliphatic carbocycles. The summed E-state index contributed by atoms with van der Waals surface area (Å²) < 4.78 is 0. The average Bonchev–Trinajstić information content (AvgIpc) is 2.48. The third-order valence-corrected chi connectivity index (χ3v) is 2.64. The average molecular weight is 339 g/mol. The van der Waals surface area contributed by atoms with E-state index in [4.69, 9.17) is 28.5 Å². The van der Waals surface area contributed by atoms with Crippen molar-refractivity contribution in [1.82, 2.24) is 5.32 Å². The molecule has 0 aromatic heterocycles. The Hall–Kier alpha value is -2.27. The van der Waals surface area contributed by atoms with Gasteiger partial charge in [0.25, 0.3) is 0 Å². The number of halogens is 1. The van der Waals surface area contributed by atoms with Gasteiger partial charge in [-0.25, -0.2) is 0 Å². The Balaban J connectivity index is 0. The highest BCUT2D eigenvalue weighted by molar-refractivity contribution is 6.31. The monoisotopic (exact) mass is 338 g/mol. The van der Waals surface area contributed by atoms with Crippen LogP contribution in [0.2, 0.25) is 5.02 Å². The van der Waals surface area contributed by atoms with Crippen LogP contribution in [0.25, 0.3) is 5.70 Å². The molecule has 0 unspecified atom stereocenters. The summed E-state index contributed by atoms with van der Waals surface area (Å²) in [5, 5.41) is 9.79. The standard InChI is InChI=1S/C11H13ClN2.C3H6N2O.C3H8/c1-2-8-9(11(14)6-7-13)4-3-5-10(8)12;1-3(4)5-2-6;1-3-2/h3-7,13H,2,14H2,1H3;2H,1,4H2,(H,5,6);3H2,1-2H3/b11-6-,13-7?;;. The molecular formula is C17H27ClN4O. The number of carbonyl (C=O) groups excluding carboxylic acids is 1. The van der Waals surface area contributed by atoms with Crippen molar-refractivity contribution in [2.24, 2.45) is 11.5 Å². The van der Waals surface area contributed by atoms with Crippen LogP contribution in [-0.2, 0) is 11.2 Å². The van der Waals surface area contributed by atoms with Gasteiger partial charge in [0.15, 0.2) is 0 Å². The van der Waals surface area contributed by atoms with Gasteiger partial charge in [0.2, 0.25) is 6.41 Å². The first-order valence-corrected chi connectivity index (χ1v) is 7.65. The smallest absolute Gasteiger partial charge is 0.212 e. The van der Waals surface area contributed by atoms with E-state index in [1.165, 1.54) is 12.6 Å². The summed E-state index contributed by atoms with van der Waals surface area (Å²) in [6.07, 6.45) is 5.30. The molecule has 0 fully saturated rings. The van der Waals surface area contributed by atoms with Crippen LogP contribution in [0.5, 0.6) is 0 Å². The van der Waals surface area contributed by atoms with Gasteiger partial charge in [-0.1, -0.05) is 57.5 Å². The van der Waals surface area contributed by atoms with Gasteiger partial charge in [0.05, 0.1) is 5.82 Å². The zero-order chi connectivity index (χ0) is 18.3. The van der Waals surface area contributed by atoms with E-state index in [9.17, 15) is 4.79 Å². The summed E-state index contributed by atoms with van der Waals surface area (Å²) in [5.74, 6) is 0.171. The lowest BCUT2D eigenvalue weighted by atomic mass is 10.0. The number of allylic oxidation sites excluding steroid dienone is 1. The Morgan fingerprint density at radius 3 is 2.26 bits per heavy atom. The lowest BCUT2D eigenvalue weighted by molar-refractivity contribution is -0.108. The molecule has 1 aromatic rings. The van der Waals surface area contributed by atoms with E-state index in [-0.39, 0.29) is 5.82 Å². The van der Waals surface area contributed by atoms with E-state index in [1.54, 1.807) is 6.08 Å². The van der Waals surface area contributed by atoms with E-state index >= 15 is 0 Å². The zero-order valence-electron chi connectivity index (χ0n) is 14.0. The molecule has 0 saturated heterocycles. The number of benzene rings is 1. The van der Waals surface area contributed by atoms with E-state index in [1.807, 2.05) is 25.1 Å². The molecule has 0 spiro atoms. The highest BCUT2D eigenvalue weighted by atomic mass is 35.5. The summed E-state index contributed by atoms with van der Waals surface area (Å²) in [4.78, 5) is 9.36. The van der Waals surface area contributed by atoms with Gasteiger partial charge >= 0.3 is 0 Å². The highest BCUT2D eigenvalue weighted by Gasteiger charge is 2.06. The van der Waals surface area contributed by atoms with Crippen molar-refractivity contribution in [3.8, 4) is 0 Å². The molecule has 0 saturated carbocycles. The molecule has 6 N–H and O–H groups in total. The van der Waals surface area contributed by atoms with Crippen molar-refractivity contribution in [3.05, 3.63) is 52.8 Å².